The summed E-state index contributed by atoms with van der Waals surface area (Å²) in [6.45, 7) is 1.43. The molecule has 0 aromatic heterocycles. The van der Waals surface area contributed by atoms with Gasteiger partial charge < -0.3 is 16.0 Å². The van der Waals surface area contributed by atoms with E-state index in [9.17, 15) is 14.4 Å². The molecule has 0 saturated carbocycles. The summed E-state index contributed by atoms with van der Waals surface area (Å²) >= 11 is 9.17. The van der Waals surface area contributed by atoms with Crippen molar-refractivity contribution in [2.45, 2.75) is 6.92 Å². The van der Waals surface area contributed by atoms with E-state index in [1.807, 2.05) is 19.1 Å². The van der Waals surface area contributed by atoms with Crippen molar-refractivity contribution in [3.8, 4) is 0 Å². The van der Waals surface area contributed by atoms with E-state index in [1.54, 1.807) is 24.3 Å². The number of benzene rings is 2. The van der Waals surface area contributed by atoms with Gasteiger partial charge in [-0.3, -0.25) is 14.4 Å². The summed E-state index contributed by atoms with van der Waals surface area (Å²) in [5.74, 6) is -1.24. The first-order chi connectivity index (χ1) is 12.3. The van der Waals surface area contributed by atoms with Crippen LogP contribution in [0, 0.1) is 6.92 Å². The number of carbonyl (C=O) groups excluding carboxylic acids is 3. The molecular weight excluding hydrogens is 422 g/mol. The minimum atomic E-state index is -0.469. The second-order valence-electron chi connectivity index (χ2n) is 5.48. The molecule has 0 fully saturated rings. The molecule has 0 atom stereocenters. The molecule has 2 aromatic rings. The Labute approximate surface area is 164 Å². The second kappa shape index (κ2) is 9.35. The van der Waals surface area contributed by atoms with E-state index < -0.39 is 11.8 Å². The summed E-state index contributed by atoms with van der Waals surface area (Å²) < 4.78 is 0.914. The molecule has 2 aromatic carbocycles. The standard InChI is InChI=1S/C18H17BrClN3O3/c1-11-7-13(19)5-6-15(11)23-17(25)10-21-16(24)9-22-18(26)12-3-2-4-14(20)8-12/h2-8H,9-10H2,1H3,(H,21,24)(H,22,26)(H,23,25). The Morgan fingerprint density at radius 3 is 2.42 bits per heavy atom. The topological polar surface area (TPSA) is 87.3 Å². The van der Waals surface area contributed by atoms with Gasteiger partial charge in [0.25, 0.3) is 5.91 Å². The molecule has 0 aliphatic rings. The van der Waals surface area contributed by atoms with Crippen molar-refractivity contribution in [2.75, 3.05) is 18.4 Å². The molecule has 0 aliphatic heterocycles. The van der Waals surface area contributed by atoms with Gasteiger partial charge in [0.1, 0.15) is 0 Å². The molecule has 0 bridgehead atoms. The first-order valence-electron chi connectivity index (χ1n) is 7.71. The summed E-state index contributed by atoms with van der Waals surface area (Å²) in [6.07, 6.45) is 0. The monoisotopic (exact) mass is 437 g/mol. The van der Waals surface area contributed by atoms with Gasteiger partial charge in [0, 0.05) is 20.7 Å². The van der Waals surface area contributed by atoms with Crippen molar-refractivity contribution in [3.63, 3.8) is 0 Å². The van der Waals surface area contributed by atoms with Gasteiger partial charge in [-0.25, -0.2) is 0 Å². The van der Waals surface area contributed by atoms with Gasteiger partial charge in [0.05, 0.1) is 13.1 Å². The van der Waals surface area contributed by atoms with Crippen LogP contribution in [0.15, 0.2) is 46.9 Å². The van der Waals surface area contributed by atoms with Crippen molar-refractivity contribution in [3.05, 3.63) is 63.1 Å². The lowest BCUT2D eigenvalue weighted by Gasteiger charge is -2.10. The molecule has 3 N–H and O–H groups in total. The molecule has 0 saturated heterocycles. The molecule has 2 rings (SSSR count). The van der Waals surface area contributed by atoms with Crippen LogP contribution in [0.5, 0.6) is 0 Å². The van der Waals surface area contributed by atoms with Gasteiger partial charge in [-0.15, -0.1) is 0 Å². The highest BCUT2D eigenvalue weighted by Crippen LogP contribution is 2.19. The van der Waals surface area contributed by atoms with Crippen LogP contribution in [-0.2, 0) is 9.59 Å². The van der Waals surface area contributed by atoms with Gasteiger partial charge in [0.2, 0.25) is 11.8 Å². The normalized spacial score (nSPS) is 10.1. The van der Waals surface area contributed by atoms with Crippen molar-refractivity contribution in [1.29, 1.82) is 0 Å². The Morgan fingerprint density at radius 2 is 1.73 bits per heavy atom. The summed E-state index contributed by atoms with van der Waals surface area (Å²) in [6, 6.07) is 11.8. The number of hydrogen-bond donors (Lipinski definition) is 3. The van der Waals surface area contributed by atoms with Crippen LogP contribution in [0.3, 0.4) is 0 Å². The number of hydrogen-bond acceptors (Lipinski definition) is 3. The number of rotatable bonds is 6. The molecule has 136 valence electrons. The Balaban J connectivity index is 1.76. The maximum Gasteiger partial charge on any atom is 0.251 e. The average molecular weight is 439 g/mol. The van der Waals surface area contributed by atoms with E-state index >= 15 is 0 Å². The van der Waals surface area contributed by atoms with Crippen molar-refractivity contribution < 1.29 is 14.4 Å². The van der Waals surface area contributed by atoms with E-state index in [4.69, 9.17) is 11.6 Å². The van der Waals surface area contributed by atoms with Gasteiger partial charge in [-0.05, 0) is 48.9 Å². The molecule has 26 heavy (non-hydrogen) atoms. The Bertz CT molecular complexity index is 842. The van der Waals surface area contributed by atoms with Crippen LogP contribution in [0.4, 0.5) is 5.69 Å². The number of amides is 3. The second-order valence-corrected chi connectivity index (χ2v) is 6.83. The third-order valence-corrected chi connectivity index (χ3v) is 4.13. The lowest BCUT2D eigenvalue weighted by Crippen LogP contribution is -2.40. The highest BCUT2D eigenvalue weighted by molar-refractivity contribution is 9.10. The van der Waals surface area contributed by atoms with Gasteiger partial charge in [0.15, 0.2) is 0 Å². The predicted octanol–water partition coefficient (Wildman–Crippen LogP) is 2.90. The predicted molar refractivity (Wildman–Crippen MR) is 104 cm³/mol. The Kier molecular flexibility index (Phi) is 7.17. The zero-order chi connectivity index (χ0) is 19.1. The van der Waals surface area contributed by atoms with E-state index in [0.29, 0.717) is 16.3 Å². The molecule has 8 heteroatoms. The third kappa shape index (κ3) is 6.16. The maximum atomic E-state index is 11.9. The fourth-order valence-electron chi connectivity index (χ4n) is 2.10. The van der Waals surface area contributed by atoms with Crippen molar-refractivity contribution in [2.24, 2.45) is 0 Å². The molecule has 0 heterocycles. The zero-order valence-corrected chi connectivity index (χ0v) is 16.3. The smallest absolute Gasteiger partial charge is 0.251 e. The van der Waals surface area contributed by atoms with Crippen LogP contribution in [0.25, 0.3) is 0 Å². The number of carbonyl (C=O) groups is 3. The molecule has 3 amide bonds. The summed E-state index contributed by atoms with van der Waals surface area (Å²) in [5, 5.41) is 8.06. The number of aryl methyl sites for hydroxylation is 1. The van der Waals surface area contributed by atoms with Crippen molar-refractivity contribution in [1.82, 2.24) is 10.6 Å². The molecule has 0 radical (unpaired) electrons. The first kappa shape index (κ1) is 19.9. The van der Waals surface area contributed by atoms with E-state index in [2.05, 4.69) is 31.9 Å². The maximum absolute atomic E-state index is 11.9. The quantitative estimate of drug-likeness (QED) is 0.648. The van der Waals surface area contributed by atoms with E-state index in [1.165, 1.54) is 6.07 Å². The van der Waals surface area contributed by atoms with Crippen molar-refractivity contribution >= 4 is 50.9 Å². The molecule has 0 aliphatic carbocycles. The lowest BCUT2D eigenvalue weighted by atomic mass is 10.2. The summed E-state index contributed by atoms with van der Waals surface area (Å²) in [5.41, 5.74) is 1.92. The Morgan fingerprint density at radius 1 is 1.00 bits per heavy atom. The largest absolute Gasteiger partial charge is 0.345 e. The fourth-order valence-corrected chi connectivity index (χ4v) is 2.76. The fraction of sp³-hybridized carbons (Fsp3) is 0.167. The number of anilines is 1. The zero-order valence-electron chi connectivity index (χ0n) is 13.9. The molecule has 6 nitrogen and oxygen atoms in total. The van der Waals surface area contributed by atoms with Gasteiger partial charge in [-0.1, -0.05) is 33.6 Å². The SMILES string of the molecule is Cc1cc(Br)ccc1NC(=O)CNC(=O)CNC(=O)c1cccc(Cl)c1. The van der Waals surface area contributed by atoms with Crippen LogP contribution in [0.1, 0.15) is 15.9 Å². The van der Waals surface area contributed by atoms with E-state index in [0.717, 1.165) is 10.0 Å². The number of nitrogens with one attached hydrogen (secondary N) is 3. The van der Waals surface area contributed by atoms with Gasteiger partial charge in [-0.2, -0.15) is 0 Å². The van der Waals surface area contributed by atoms with Crippen LogP contribution >= 0.6 is 27.5 Å². The summed E-state index contributed by atoms with van der Waals surface area (Å²) in [7, 11) is 0. The highest BCUT2D eigenvalue weighted by atomic mass is 79.9. The molecule has 0 spiro atoms. The third-order valence-electron chi connectivity index (χ3n) is 3.40. The minimum absolute atomic E-state index is 0.193. The first-order valence-corrected chi connectivity index (χ1v) is 8.88. The van der Waals surface area contributed by atoms with Crippen LogP contribution in [0.2, 0.25) is 5.02 Å². The van der Waals surface area contributed by atoms with Crippen LogP contribution < -0.4 is 16.0 Å². The summed E-state index contributed by atoms with van der Waals surface area (Å²) in [4.78, 5) is 35.6. The van der Waals surface area contributed by atoms with E-state index in [-0.39, 0.29) is 19.0 Å². The lowest BCUT2D eigenvalue weighted by molar-refractivity contribution is -0.123. The van der Waals surface area contributed by atoms with Gasteiger partial charge >= 0.3 is 0 Å². The molecule has 0 unspecified atom stereocenters. The number of halogens is 2. The molecular formula is C18H17BrClN3O3. The minimum Gasteiger partial charge on any atom is -0.345 e. The van der Waals surface area contributed by atoms with Crippen LogP contribution in [-0.4, -0.2) is 30.8 Å². The Hall–Kier alpha value is -2.38. The highest BCUT2D eigenvalue weighted by Gasteiger charge is 2.10. The average Bonchev–Trinajstić information content (AvgIpc) is 2.60.